The molecule has 174 valence electrons. The van der Waals surface area contributed by atoms with Crippen molar-refractivity contribution in [3.63, 3.8) is 0 Å². The lowest BCUT2D eigenvalue weighted by atomic mass is 9.87. The smallest absolute Gasteiger partial charge is 0.314 e. The molecule has 0 aliphatic heterocycles. The van der Waals surface area contributed by atoms with Crippen LogP contribution in [-0.4, -0.2) is 18.7 Å². The average Bonchev–Trinajstić information content (AvgIpc) is 2.81. The van der Waals surface area contributed by atoms with Crippen LogP contribution in [0.25, 0.3) is 0 Å². The van der Waals surface area contributed by atoms with Gasteiger partial charge in [0.15, 0.2) is 11.6 Å². The largest absolute Gasteiger partial charge is 0.426 e. The zero-order valence-corrected chi connectivity index (χ0v) is 19.0. The monoisotopic (exact) mass is 444 g/mol. The molecule has 2 aromatic carbocycles. The molecule has 2 aromatic rings. The Balaban J connectivity index is 1.37. The fourth-order valence-corrected chi connectivity index (χ4v) is 4.15. The number of esters is 1. The molecule has 3 nitrogen and oxygen atoms in total. The summed E-state index contributed by atoms with van der Waals surface area (Å²) in [6.07, 6.45) is 9.86. The zero-order chi connectivity index (χ0) is 22.8. The van der Waals surface area contributed by atoms with Gasteiger partial charge in [-0.25, -0.2) is 8.78 Å². The molecule has 0 radical (unpaired) electrons. The van der Waals surface area contributed by atoms with E-state index in [0.717, 1.165) is 55.9 Å². The van der Waals surface area contributed by atoms with Crippen molar-refractivity contribution in [2.45, 2.75) is 77.2 Å². The summed E-state index contributed by atoms with van der Waals surface area (Å²) in [6, 6.07) is 11.4. The third-order valence-electron chi connectivity index (χ3n) is 6.19. The summed E-state index contributed by atoms with van der Waals surface area (Å²) in [5, 5.41) is 0. The molecular formula is C27H34F2O3. The minimum absolute atomic E-state index is 0.0667. The molecule has 0 bridgehead atoms. The maximum atomic E-state index is 13.3. The van der Waals surface area contributed by atoms with Crippen LogP contribution in [0.4, 0.5) is 8.78 Å². The van der Waals surface area contributed by atoms with E-state index < -0.39 is 11.6 Å². The van der Waals surface area contributed by atoms with Gasteiger partial charge in [0, 0.05) is 6.61 Å². The van der Waals surface area contributed by atoms with Crippen LogP contribution in [0.1, 0.15) is 69.4 Å². The first-order chi connectivity index (χ1) is 15.5. The average molecular weight is 445 g/mol. The van der Waals surface area contributed by atoms with E-state index in [4.69, 9.17) is 9.47 Å². The number of aryl methyl sites for hydroxylation is 2. The van der Waals surface area contributed by atoms with Crippen LogP contribution in [0.15, 0.2) is 42.5 Å². The summed E-state index contributed by atoms with van der Waals surface area (Å²) < 4.78 is 37.9. The predicted octanol–water partition coefficient (Wildman–Crippen LogP) is 6.81. The first-order valence-electron chi connectivity index (χ1n) is 11.9. The maximum Gasteiger partial charge on any atom is 0.314 e. The Morgan fingerprint density at radius 1 is 0.875 bits per heavy atom. The van der Waals surface area contributed by atoms with E-state index >= 15 is 0 Å². The Labute approximate surface area is 190 Å². The molecule has 0 atom stereocenters. The van der Waals surface area contributed by atoms with Gasteiger partial charge in [-0.1, -0.05) is 44.4 Å². The molecule has 32 heavy (non-hydrogen) atoms. The quantitative estimate of drug-likeness (QED) is 0.217. The van der Waals surface area contributed by atoms with Crippen molar-refractivity contribution in [3.8, 4) is 5.75 Å². The van der Waals surface area contributed by atoms with Gasteiger partial charge in [-0.3, -0.25) is 4.79 Å². The second-order valence-electron chi connectivity index (χ2n) is 8.72. The molecule has 5 heteroatoms. The van der Waals surface area contributed by atoms with E-state index in [1.165, 1.54) is 25.3 Å². The lowest BCUT2D eigenvalue weighted by molar-refractivity contribution is -0.141. The van der Waals surface area contributed by atoms with E-state index in [-0.39, 0.29) is 18.0 Å². The second-order valence-corrected chi connectivity index (χ2v) is 8.72. The Bertz CT molecular complexity index is 842. The predicted molar refractivity (Wildman–Crippen MR) is 122 cm³/mol. The van der Waals surface area contributed by atoms with Crippen LogP contribution in [0.5, 0.6) is 5.75 Å². The fraction of sp³-hybridized carbons (Fsp3) is 0.519. The number of hydrogen-bond acceptors (Lipinski definition) is 3. The number of rotatable bonds is 11. The van der Waals surface area contributed by atoms with Crippen LogP contribution in [0.2, 0.25) is 0 Å². The van der Waals surface area contributed by atoms with Crippen molar-refractivity contribution in [3.05, 3.63) is 65.2 Å². The van der Waals surface area contributed by atoms with Gasteiger partial charge >= 0.3 is 5.97 Å². The molecule has 0 aromatic heterocycles. The first kappa shape index (κ1) is 24.4. The van der Waals surface area contributed by atoms with E-state index in [2.05, 4.69) is 6.92 Å². The highest BCUT2D eigenvalue weighted by molar-refractivity contribution is 5.75. The van der Waals surface area contributed by atoms with Gasteiger partial charge in [0.05, 0.1) is 12.0 Å². The lowest BCUT2D eigenvalue weighted by Gasteiger charge is -2.27. The highest BCUT2D eigenvalue weighted by atomic mass is 19.2. The normalized spacial score (nSPS) is 18.5. The summed E-state index contributed by atoms with van der Waals surface area (Å²) in [7, 11) is 0. The van der Waals surface area contributed by atoms with Gasteiger partial charge in [-0.05, 0) is 80.3 Å². The SMILES string of the molecule is CCCCCCOC1CCC(C(=O)Oc2ccc(CCc3ccc(F)c(F)c3)cc2)CC1. The fourth-order valence-electron chi connectivity index (χ4n) is 4.15. The Kier molecular flexibility index (Phi) is 9.66. The van der Waals surface area contributed by atoms with Crippen molar-refractivity contribution in [2.24, 2.45) is 5.92 Å². The summed E-state index contributed by atoms with van der Waals surface area (Å²) in [5.41, 5.74) is 1.80. The number of halogens is 2. The number of unbranched alkanes of at least 4 members (excludes halogenated alkanes) is 3. The van der Waals surface area contributed by atoms with E-state index in [1.54, 1.807) is 18.2 Å². The molecule has 0 N–H and O–H groups in total. The van der Waals surface area contributed by atoms with E-state index in [0.29, 0.717) is 18.6 Å². The van der Waals surface area contributed by atoms with Crippen molar-refractivity contribution in [2.75, 3.05) is 6.61 Å². The number of carbonyl (C=O) groups excluding carboxylic acids is 1. The molecule has 1 aliphatic carbocycles. The molecule has 3 rings (SSSR count). The van der Waals surface area contributed by atoms with Crippen molar-refractivity contribution in [1.82, 2.24) is 0 Å². The van der Waals surface area contributed by atoms with Crippen LogP contribution in [0, 0.1) is 17.6 Å². The second kappa shape index (κ2) is 12.7. The van der Waals surface area contributed by atoms with Crippen LogP contribution in [0.3, 0.4) is 0 Å². The Morgan fingerprint density at radius 2 is 1.56 bits per heavy atom. The van der Waals surface area contributed by atoms with Crippen molar-refractivity contribution < 1.29 is 23.0 Å². The summed E-state index contributed by atoms with van der Waals surface area (Å²) in [4.78, 5) is 12.5. The molecular weight excluding hydrogens is 410 g/mol. The van der Waals surface area contributed by atoms with Crippen LogP contribution < -0.4 is 4.74 Å². The molecule has 1 aliphatic rings. The van der Waals surface area contributed by atoms with Gasteiger partial charge in [0.1, 0.15) is 5.75 Å². The topological polar surface area (TPSA) is 35.5 Å². The number of ether oxygens (including phenoxy) is 2. The highest BCUT2D eigenvalue weighted by Crippen LogP contribution is 2.28. The van der Waals surface area contributed by atoms with Gasteiger partial charge < -0.3 is 9.47 Å². The maximum absolute atomic E-state index is 13.3. The standard InChI is InChI=1S/C27H34F2O3/c1-2-3-4-5-18-31-23-15-11-22(12-16-23)27(30)32-24-13-8-20(9-14-24)6-7-21-10-17-25(28)26(29)19-21/h8-10,13-14,17,19,22-23H,2-7,11-12,15-16,18H2,1H3. The molecule has 1 fully saturated rings. The third-order valence-corrected chi connectivity index (χ3v) is 6.19. The van der Waals surface area contributed by atoms with Gasteiger partial charge in [-0.15, -0.1) is 0 Å². The molecule has 0 amide bonds. The van der Waals surface area contributed by atoms with Crippen molar-refractivity contribution in [1.29, 1.82) is 0 Å². The van der Waals surface area contributed by atoms with Gasteiger partial charge in [-0.2, -0.15) is 0 Å². The minimum Gasteiger partial charge on any atom is -0.426 e. The third kappa shape index (κ3) is 7.70. The number of carbonyl (C=O) groups is 1. The van der Waals surface area contributed by atoms with Gasteiger partial charge in [0.2, 0.25) is 0 Å². The van der Waals surface area contributed by atoms with E-state index in [1.807, 2.05) is 12.1 Å². The molecule has 1 saturated carbocycles. The summed E-state index contributed by atoms with van der Waals surface area (Å²) in [6.45, 7) is 3.03. The Hall–Kier alpha value is -2.27. The lowest BCUT2D eigenvalue weighted by Crippen LogP contribution is -2.29. The van der Waals surface area contributed by atoms with Crippen LogP contribution >= 0.6 is 0 Å². The Morgan fingerprint density at radius 3 is 2.25 bits per heavy atom. The highest BCUT2D eigenvalue weighted by Gasteiger charge is 2.28. The molecule has 0 heterocycles. The van der Waals surface area contributed by atoms with Crippen LogP contribution in [-0.2, 0) is 22.4 Å². The summed E-state index contributed by atoms with van der Waals surface area (Å²) in [5.74, 6) is -1.34. The number of benzene rings is 2. The zero-order valence-electron chi connectivity index (χ0n) is 19.0. The van der Waals surface area contributed by atoms with Gasteiger partial charge in [0.25, 0.3) is 0 Å². The molecule has 0 saturated heterocycles. The molecule has 0 unspecified atom stereocenters. The first-order valence-corrected chi connectivity index (χ1v) is 11.9. The summed E-state index contributed by atoms with van der Waals surface area (Å²) >= 11 is 0. The van der Waals surface area contributed by atoms with Crippen molar-refractivity contribution >= 4 is 5.97 Å². The van der Waals surface area contributed by atoms with E-state index in [9.17, 15) is 13.6 Å². The minimum atomic E-state index is -0.830. The molecule has 0 spiro atoms. The number of hydrogen-bond donors (Lipinski definition) is 0.